The summed E-state index contributed by atoms with van der Waals surface area (Å²) in [7, 11) is 0. The molecule has 0 aromatic heterocycles. The molecule has 1 aliphatic heterocycles. The zero-order valence-corrected chi connectivity index (χ0v) is 13.8. The van der Waals surface area contributed by atoms with Gasteiger partial charge in [-0.15, -0.1) is 6.54 Å². The summed E-state index contributed by atoms with van der Waals surface area (Å²) in [6, 6.07) is 0. The van der Waals surface area contributed by atoms with Crippen LogP contribution < -0.4 is 0 Å². The second-order valence-electron chi connectivity index (χ2n) is 5.18. The smallest absolute Gasteiger partial charge is 0.343 e. The Morgan fingerprint density at radius 2 is 1.60 bits per heavy atom. The Kier molecular flexibility index (Phi) is 10.5. The second-order valence-corrected chi connectivity index (χ2v) is 5.18. The van der Waals surface area contributed by atoms with Crippen molar-refractivity contribution in [1.29, 1.82) is 0 Å². The Morgan fingerprint density at radius 3 is 1.80 bits per heavy atom. The van der Waals surface area contributed by atoms with E-state index in [2.05, 4.69) is 46.4 Å². The first kappa shape index (κ1) is 18.0. The first-order chi connectivity index (χ1) is 6.45. The second kappa shape index (κ2) is 8.76. The van der Waals surface area contributed by atoms with Crippen LogP contribution in [0.4, 0.5) is 0 Å². The third kappa shape index (κ3) is 7.52. The molecule has 0 N–H and O–H groups in total. The molecule has 1 rings (SSSR count). The van der Waals surface area contributed by atoms with Crippen molar-refractivity contribution in [2.24, 2.45) is 11.3 Å². The van der Waals surface area contributed by atoms with Crippen molar-refractivity contribution in [2.45, 2.75) is 40.5 Å². The van der Waals surface area contributed by atoms with Crippen LogP contribution in [0.25, 0.3) is 0 Å². The minimum Gasteiger partial charge on any atom is -0.343 e. The van der Waals surface area contributed by atoms with Crippen molar-refractivity contribution in [1.82, 2.24) is 4.90 Å². The van der Waals surface area contributed by atoms with Crippen LogP contribution in [0.2, 0.25) is 0 Å². The molecule has 1 heterocycles. The van der Waals surface area contributed by atoms with Gasteiger partial charge in [-0.3, -0.25) is 0 Å². The fraction of sp³-hybridized carbons (Fsp3) is 0.846. The van der Waals surface area contributed by atoms with E-state index < -0.39 is 0 Å². The van der Waals surface area contributed by atoms with E-state index in [-0.39, 0.29) is 21.1 Å². The van der Waals surface area contributed by atoms with Crippen LogP contribution in [-0.4, -0.2) is 24.5 Å². The van der Waals surface area contributed by atoms with Gasteiger partial charge in [0.25, 0.3) is 0 Å². The minimum absolute atomic E-state index is 0. The molecule has 0 aromatic rings. The first-order valence-corrected chi connectivity index (χ1v) is 5.76. The largest absolute Gasteiger partial charge is 2.00 e. The zero-order chi connectivity index (χ0) is 11.2. The maximum Gasteiger partial charge on any atom is 2.00 e. The topological polar surface area (TPSA) is 3.24 Å². The molecule has 0 aliphatic carbocycles. The van der Waals surface area contributed by atoms with Gasteiger partial charge in [-0.1, -0.05) is 34.1 Å². The average molecular weight is 381 g/mol. The molecule has 0 aromatic carbocycles. The van der Waals surface area contributed by atoms with Crippen LogP contribution in [0.1, 0.15) is 40.5 Å². The standard InChI is InChI=1S/C9H18N.C4H9.W/c1-5-10-6-8(7-10)9(2,3)4;1-3-4-2;/h8H,1,5-7H2,2-4H3;1,3-4H2,2H3;/q2*-1;+2. The van der Waals surface area contributed by atoms with Crippen LogP contribution >= 0.6 is 0 Å². The van der Waals surface area contributed by atoms with Gasteiger partial charge in [0.05, 0.1) is 0 Å². The molecule has 0 unspecified atom stereocenters. The quantitative estimate of drug-likeness (QED) is 0.663. The van der Waals surface area contributed by atoms with Crippen LogP contribution in [0, 0.1) is 25.2 Å². The van der Waals surface area contributed by atoms with Gasteiger partial charge in [-0.2, -0.15) is 6.42 Å². The predicted octanol–water partition coefficient (Wildman–Crippen LogP) is 3.42. The number of hydrogen-bond donors (Lipinski definition) is 0. The Labute approximate surface area is 111 Å². The summed E-state index contributed by atoms with van der Waals surface area (Å²) >= 11 is 0. The van der Waals surface area contributed by atoms with Crippen LogP contribution in [0.5, 0.6) is 0 Å². The van der Waals surface area contributed by atoms with E-state index in [0.29, 0.717) is 5.41 Å². The summed E-state index contributed by atoms with van der Waals surface area (Å²) in [6.07, 6.45) is 2.28. The molecule has 1 nitrogen and oxygen atoms in total. The molecule has 1 fully saturated rings. The van der Waals surface area contributed by atoms with Gasteiger partial charge >= 0.3 is 21.1 Å². The minimum atomic E-state index is 0. The van der Waals surface area contributed by atoms with Crippen molar-refractivity contribution in [3.8, 4) is 0 Å². The van der Waals surface area contributed by atoms with Gasteiger partial charge in [0.2, 0.25) is 0 Å². The Hall–Kier alpha value is 0.648. The molecule has 0 bridgehead atoms. The molecular weight excluding hydrogens is 354 g/mol. The van der Waals surface area contributed by atoms with E-state index in [9.17, 15) is 0 Å². The number of unbranched alkanes of at least 4 members (excludes halogenated alkanes) is 1. The monoisotopic (exact) mass is 381 g/mol. The Morgan fingerprint density at radius 1 is 1.20 bits per heavy atom. The van der Waals surface area contributed by atoms with E-state index in [1.807, 2.05) is 0 Å². The van der Waals surface area contributed by atoms with Crippen molar-refractivity contribution in [3.63, 3.8) is 0 Å². The van der Waals surface area contributed by atoms with Crippen LogP contribution in [-0.2, 0) is 21.1 Å². The maximum absolute atomic E-state index is 3.85. The third-order valence-electron chi connectivity index (χ3n) is 2.85. The van der Waals surface area contributed by atoms with Gasteiger partial charge in [0.15, 0.2) is 0 Å². The summed E-state index contributed by atoms with van der Waals surface area (Å²) in [6.45, 7) is 20.0. The van der Waals surface area contributed by atoms with Gasteiger partial charge in [-0.25, -0.2) is 0 Å². The predicted molar refractivity (Wildman–Crippen MR) is 65.0 cm³/mol. The summed E-state index contributed by atoms with van der Waals surface area (Å²) in [5, 5.41) is 0. The fourth-order valence-electron chi connectivity index (χ4n) is 1.30. The number of rotatable bonds is 2. The molecule has 0 atom stereocenters. The van der Waals surface area contributed by atoms with E-state index in [1.54, 1.807) is 0 Å². The molecule has 0 spiro atoms. The van der Waals surface area contributed by atoms with Crippen LogP contribution in [0.15, 0.2) is 0 Å². The molecule has 2 heteroatoms. The molecule has 90 valence electrons. The first-order valence-electron chi connectivity index (χ1n) is 5.76. The van der Waals surface area contributed by atoms with E-state index >= 15 is 0 Å². The van der Waals surface area contributed by atoms with Gasteiger partial charge in [0.1, 0.15) is 0 Å². The van der Waals surface area contributed by atoms with E-state index in [1.165, 1.54) is 19.5 Å². The summed E-state index contributed by atoms with van der Waals surface area (Å²) in [5.74, 6) is 0.897. The van der Waals surface area contributed by atoms with Crippen molar-refractivity contribution in [2.75, 3.05) is 19.6 Å². The molecule has 15 heavy (non-hydrogen) atoms. The molecule has 1 saturated heterocycles. The van der Waals surface area contributed by atoms with E-state index in [0.717, 1.165) is 18.9 Å². The van der Waals surface area contributed by atoms with Gasteiger partial charge in [-0.05, 0) is 24.4 Å². The number of nitrogens with zero attached hydrogens (tertiary/aromatic N) is 1. The summed E-state index contributed by atoms with van der Waals surface area (Å²) < 4.78 is 0. The normalized spacial score (nSPS) is 17.2. The average Bonchev–Trinajstić information content (AvgIpc) is 2.00. The number of hydrogen-bond acceptors (Lipinski definition) is 1. The summed E-state index contributed by atoms with van der Waals surface area (Å²) in [4.78, 5) is 2.38. The fourth-order valence-corrected chi connectivity index (χ4v) is 1.30. The zero-order valence-electron chi connectivity index (χ0n) is 10.9. The number of likely N-dealkylation sites (tertiary alicyclic amines) is 1. The van der Waals surface area contributed by atoms with Gasteiger partial charge in [0, 0.05) is 0 Å². The Bertz CT molecular complexity index is 132. The van der Waals surface area contributed by atoms with E-state index in [4.69, 9.17) is 0 Å². The van der Waals surface area contributed by atoms with Crippen molar-refractivity contribution < 1.29 is 21.1 Å². The Balaban J connectivity index is 0. The van der Waals surface area contributed by atoms with Gasteiger partial charge < -0.3 is 18.7 Å². The SMILES string of the molecule is [CH2-]CCC.[CH2-]CN1CC(C(C)(C)C)C1.[W+2]. The van der Waals surface area contributed by atoms with Crippen LogP contribution in [0.3, 0.4) is 0 Å². The van der Waals surface area contributed by atoms with Crippen molar-refractivity contribution in [3.05, 3.63) is 13.8 Å². The molecule has 1 aliphatic rings. The third-order valence-corrected chi connectivity index (χ3v) is 2.85. The van der Waals surface area contributed by atoms with Crippen molar-refractivity contribution >= 4 is 0 Å². The molecule has 0 amide bonds. The molecule has 0 saturated carbocycles. The summed E-state index contributed by atoms with van der Waals surface area (Å²) in [5.41, 5.74) is 0.506. The maximum atomic E-state index is 3.85. The molecular formula is C13H27NW. The molecule has 0 radical (unpaired) electrons.